The number of nitriles is 1. The molecule has 1 aliphatic rings. The Balaban J connectivity index is 1.58. The van der Waals surface area contributed by atoms with Crippen LogP contribution in [0.25, 0.3) is 0 Å². The van der Waals surface area contributed by atoms with Crippen LogP contribution in [0.1, 0.15) is 34.6 Å². The lowest BCUT2D eigenvalue weighted by molar-refractivity contribution is 0.0971. The second-order valence-electron chi connectivity index (χ2n) is 6.94. The van der Waals surface area contributed by atoms with Gasteiger partial charge in [-0.1, -0.05) is 24.3 Å². The highest BCUT2D eigenvalue weighted by molar-refractivity contribution is 7.90. The highest BCUT2D eigenvalue weighted by Crippen LogP contribution is 2.25. The molecule has 30 heavy (non-hydrogen) atoms. The van der Waals surface area contributed by atoms with Gasteiger partial charge in [0, 0.05) is 18.3 Å². The molecule has 0 saturated carbocycles. The lowest BCUT2D eigenvalue weighted by Crippen LogP contribution is -2.32. The fraction of sp³-hybridized carbons (Fsp3) is 0.182. The quantitative estimate of drug-likeness (QED) is 0.678. The van der Waals surface area contributed by atoms with Crippen LogP contribution in [0.5, 0.6) is 11.5 Å². The molecule has 0 radical (unpaired) electrons. The van der Waals surface area contributed by atoms with E-state index >= 15 is 0 Å². The number of rotatable bonds is 5. The van der Waals surface area contributed by atoms with Crippen LogP contribution >= 0.6 is 0 Å². The summed E-state index contributed by atoms with van der Waals surface area (Å²) >= 11 is 0. The molecule has 0 unspecified atom stereocenters. The first-order valence-corrected chi connectivity index (χ1v) is 11.0. The van der Waals surface area contributed by atoms with Crippen molar-refractivity contribution in [2.75, 3.05) is 0 Å². The van der Waals surface area contributed by atoms with Crippen molar-refractivity contribution in [2.45, 2.75) is 30.7 Å². The molecule has 0 bridgehead atoms. The summed E-state index contributed by atoms with van der Waals surface area (Å²) in [7, 11) is -4.12. The van der Waals surface area contributed by atoms with E-state index in [2.05, 4.69) is 10.8 Å². The van der Waals surface area contributed by atoms with Gasteiger partial charge in [0.05, 0.1) is 10.5 Å². The number of benzene rings is 2. The van der Waals surface area contributed by atoms with Gasteiger partial charge < -0.3 is 9.30 Å². The summed E-state index contributed by atoms with van der Waals surface area (Å²) in [6.07, 6.45) is 2.51. The Morgan fingerprint density at radius 3 is 2.57 bits per heavy atom. The molecule has 152 valence electrons. The topological polar surface area (TPSA) is 101 Å². The number of aromatic nitrogens is 1. The summed E-state index contributed by atoms with van der Waals surface area (Å²) in [5, 5.41) is 9.32. The molecule has 2 heterocycles. The summed E-state index contributed by atoms with van der Waals surface area (Å²) in [5.41, 5.74) is 1.38. The highest BCUT2D eigenvalue weighted by atomic mass is 32.2. The minimum atomic E-state index is -4.12. The number of carbonyl (C=O) groups excluding carboxylic acids is 1. The number of fused-ring (bicyclic) bond motifs is 1. The lowest BCUT2D eigenvalue weighted by Gasteiger charge is -2.18. The summed E-state index contributed by atoms with van der Waals surface area (Å²) in [6.45, 7) is 0.584. The normalized spacial score (nSPS) is 13.2. The Hall–Kier alpha value is -3.57. The predicted molar refractivity (Wildman–Crippen MR) is 110 cm³/mol. The maximum absolute atomic E-state index is 12.8. The van der Waals surface area contributed by atoms with Gasteiger partial charge in [0.25, 0.3) is 15.9 Å². The molecule has 1 aliphatic heterocycles. The molecule has 4 rings (SSSR count). The molecular weight excluding hydrogens is 402 g/mol. The van der Waals surface area contributed by atoms with E-state index in [0.717, 1.165) is 18.5 Å². The Bertz CT molecular complexity index is 1240. The van der Waals surface area contributed by atoms with E-state index in [-0.39, 0.29) is 10.6 Å². The number of hydrogen-bond donors (Lipinski definition) is 1. The standard InChI is InChI=1S/C22H19N3O4S/c23-15-16-13-21(25-12-5-4-11-20(16)25)22(26)24-30(27,28)19-10-6-9-18(14-19)29-17-7-2-1-3-8-17/h1-3,6-10,13-14H,4-5,11-12H2,(H,24,26). The molecule has 1 aromatic heterocycles. The van der Waals surface area contributed by atoms with E-state index in [0.29, 0.717) is 30.0 Å². The van der Waals surface area contributed by atoms with E-state index in [1.54, 1.807) is 28.8 Å². The second kappa shape index (κ2) is 8.05. The SMILES string of the molecule is N#Cc1cc(C(=O)NS(=O)(=O)c2cccc(Oc3ccccc3)c2)n2c1CCCC2. The van der Waals surface area contributed by atoms with E-state index in [1.807, 2.05) is 18.2 Å². The van der Waals surface area contributed by atoms with Crippen LogP contribution in [0, 0.1) is 11.3 Å². The molecule has 1 N–H and O–H groups in total. The van der Waals surface area contributed by atoms with Crippen LogP contribution in [0.3, 0.4) is 0 Å². The van der Waals surface area contributed by atoms with E-state index in [9.17, 15) is 18.5 Å². The second-order valence-corrected chi connectivity index (χ2v) is 8.62. The van der Waals surface area contributed by atoms with Crippen molar-refractivity contribution in [3.8, 4) is 17.6 Å². The monoisotopic (exact) mass is 421 g/mol. The molecule has 0 saturated heterocycles. The number of para-hydroxylation sites is 1. The fourth-order valence-electron chi connectivity index (χ4n) is 3.52. The van der Waals surface area contributed by atoms with Crippen LogP contribution in [0.2, 0.25) is 0 Å². The number of nitrogens with zero attached hydrogens (tertiary/aromatic N) is 2. The molecule has 0 aliphatic carbocycles. The van der Waals surface area contributed by atoms with Crippen LogP contribution in [0.15, 0.2) is 65.6 Å². The first kappa shape index (κ1) is 19.7. The van der Waals surface area contributed by atoms with Crippen molar-refractivity contribution < 1.29 is 17.9 Å². The average Bonchev–Trinajstić information content (AvgIpc) is 3.13. The Morgan fingerprint density at radius 1 is 1.03 bits per heavy atom. The number of sulfonamides is 1. The van der Waals surface area contributed by atoms with Crippen molar-refractivity contribution >= 4 is 15.9 Å². The van der Waals surface area contributed by atoms with Crippen LogP contribution in [0.4, 0.5) is 0 Å². The van der Waals surface area contributed by atoms with Crippen LogP contribution in [-0.2, 0) is 23.0 Å². The van der Waals surface area contributed by atoms with E-state index in [1.165, 1.54) is 18.2 Å². The van der Waals surface area contributed by atoms with Gasteiger partial charge in [0.1, 0.15) is 23.3 Å². The van der Waals surface area contributed by atoms with Gasteiger partial charge >= 0.3 is 0 Å². The molecule has 0 spiro atoms. The third kappa shape index (κ3) is 3.93. The van der Waals surface area contributed by atoms with Crippen LogP contribution in [-0.4, -0.2) is 18.9 Å². The van der Waals surface area contributed by atoms with Crippen molar-refractivity contribution in [1.82, 2.24) is 9.29 Å². The van der Waals surface area contributed by atoms with Gasteiger partial charge in [0.2, 0.25) is 0 Å². The fourth-order valence-corrected chi connectivity index (χ4v) is 4.52. The van der Waals surface area contributed by atoms with Gasteiger partial charge in [-0.15, -0.1) is 0 Å². The molecule has 7 nitrogen and oxygen atoms in total. The Morgan fingerprint density at radius 2 is 1.80 bits per heavy atom. The molecule has 0 fully saturated rings. The predicted octanol–water partition coefficient (Wildman–Crippen LogP) is 3.61. The number of nitrogens with one attached hydrogen (secondary N) is 1. The molecular formula is C22H19N3O4S. The van der Waals surface area contributed by atoms with Gasteiger partial charge in [-0.05, 0) is 49.6 Å². The minimum Gasteiger partial charge on any atom is -0.457 e. The molecule has 8 heteroatoms. The highest BCUT2D eigenvalue weighted by Gasteiger charge is 2.26. The van der Waals surface area contributed by atoms with Gasteiger partial charge in [-0.25, -0.2) is 13.1 Å². The van der Waals surface area contributed by atoms with Gasteiger partial charge in [-0.3, -0.25) is 4.79 Å². The van der Waals surface area contributed by atoms with Gasteiger partial charge in [0.15, 0.2) is 0 Å². The molecule has 1 amide bonds. The number of carbonyl (C=O) groups is 1. The third-order valence-electron chi connectivity index (χ3n) is 4.93. The van der Waals surface area contributed by atoms with E-state index in [4.69, 9.17) is 4.74 Å². The van der Waals surface area contributed by atoms with E-state index < -0.39 is 15.9 Å². The number of ether oxygens (including phenoxy) is 1. The Labute approximate surface area is 174 Å². The van der Waals surface area contributed by atoms with Crippen molar-refractivity contribution in [3.05, 3.63) is 77.6 Å². The first-order chi connectivity index (χ1) is 14.5. The maximum Gasteiger partial charge on any atom is 0.281 e. The Kier molecular flexibility index (Phi) is 5.29. The summed E-state index contributed by atoms with van der Waals surface area (Å²) in [6, 6.07) is 18.5. The summed E-state index contributed by atoms with van der Waals surface area (Å²) in [5.74, 6) is 0.150. The number of hydrogen-bond acceptors (Lipinski definition) is 5. The van der Waals surface area contributed by atoms with Crippen molar-refractivity contribution in [3.63, 3.8) is 0 Å². The minimum absolute atomic E-state index is 0.0878. The zero-order valence-electron chi connectivity index (χ0n) is 16.0. The zero-order chi connectivity index (χ0) is 21.1. The van der Waals surface area contributed by atoms with Gasteiger partial charge in [-0.2, -0.15) is 5.26 Å². The summed E-state index contributed by atoms with van der Waals surface area (Å²) in [4.78, 5) is 12.7. The first-order valence-electron chi connectivity index (χ1n) is 9.50. The molecule has 0 atom stereocenters. The average molecular weight is 421 g/mol. The summed E-state index contributed by atoms with van der Waals surface area (Å²) < 4.78 is 35.1. The molecule has 3 aromatic rings. The van der Waals surface area contributed by atoms with Crippen molar-refractivity contribution in [2.24, 2.45) is 0 Å². The third-order valence-corrected chi connectivity index (χ3v) is 6.26. The van der Waals surface area contributed by atoms with Crippen LogP contribution < -0.4 is 9.46 Å². The largest absolute Gasteiger partial charge is 0.457 e. The zero-order valence-corrected chi connectivity index (χ0v) is 16.9. The lowest BCUT2D eigenvalue weighted by atomic mass is 10.1. The maximum atomic E-state index is 12.8. The smallest absolute Gasteiger partial charge is 0.281 e. The number of amides is 1. The molecule has 2 aromatic carbocycles. The van der Waals surface area contributed by atoms with Crippen molar-refractivity contribution in [1.29, 1.82) is 5.26 Å².